The number of nitrogens with zero attached hydrogens (tertiary/aromatic N) is 3. The number of hydrogen-bond acceptors (Lipinski definition) is 6. The van der Waals surface area contributed by atoms with Gasteiger partial charge in [-0.2, -0.15) is 0 Å². The van der Waals surface area contributed by atoms with Crippen LogP contribution in [0.3, 0.4) is 0 Å². The fourth-order valence-electron chi connectivity index (χ4n) is 3.07. The van der Waals surface area contributed by atoms with Gasteiger partial charge in [-0.1, -0.05) is 18.9 Å². The second-order valence-electron chi connectivity index (χ2n) is 6.74. The molecule has 2 aromatic rings. The fraction of sp³-hybridized carbons (Fsp3) is 0.400. The maximum atomic E-state index is 12.0. The first-order valence-corrected chi connectivity index (χ1v) is 10.4. The van der Waals surface area contributed by atoms with Crippen LogP contribution in [-0.4, -0.2) is 34.7 Å². The Hall–Kier alpha value is -2.61. The van der Waals surface area contributed by atoms with Crippen molar-refractivity contribution in [2.24, 2.45) is 0 Å². The monoisotopic (exact) mass is 400 g/mol. The van der Waals surface area contributed by atoms with Crippen molar-refractivity contribution in [1.82, 2.24) is 10.3 Å². The van der Waals surface area contributed by atoms with Gasteiger partial charge in [0.2, 0.25) is 5.91 Å². The van der Waals surface area contributed by atoms with E-state index in [1.807, 2.05) is 18.3 Å². The zero-order valence-corrected chi connectivity index (χ0v) is 16.5. The number of carbonyl (C=O) groups excluding carboxylic acids is 1. The molecule has 1 aromatic carbocycles. The van der Waals surface area contributed by atoms with E-state index in [1.54, 1.807) is 12.1 Å². The highest BCUT2D eigenvalue weighted by atomic mass is 32.2. The number of thioether (sulfide) groups is 1. The molecule has 1 amide bonds. The van der Waals surface area contributed by atoms with Crippen LogP contribution in [0, 0.1) is 10.1 Å². The topological polar surface area (TPSA) is 88.4 Å². The number of carbonyl (C=O) groups is 1. The van der Waals surface area contributed by atoms with Crippen LogP contribution in [0.2, 0.25) is 0 Å². The zero-order valence-electron chi connectivity index (χ0n) is 15.7. The second kappa shape index (κ2) is 10.1. The number of amides is 1. The minimum Gasteiger partial charge on any atom is -0.357 e. The Bertz CT molecular complexity index is 788. The van der Waals surface area contributed by atoms with E-state index in [-0.39, 0.29) is 17.3 Å². The number of nitro benzene ring substituents is 1. The van der Waals surface area contributed by atoms with Gasteiger partial charge in [0.1, 0.15) is 5.82 Å². The highest BCUT2D eigenvalue weighted by Crippen LogP contribution is 2.21. The summed E-state index contributed by atoms with van der Waals surface area (Å²) in [4.78, 5) is 30.0. The fourth-order valence-corrected chi connectivity index (χ4v) is 3.80. The number of nitro groups is 1. The van der Waals surface area contributed by atoms with Gasteiger partial charge in [-0.15, -0.1) is 11.8 Å². The van der Waals surface area contributed by atoms with Gasteiger partial charge >= 0.3 is 0 Å². The van der Waals surface area contributed by atoms with Crippen LogP contribution in [0.1, 0.15) is 31.2 Å². The van der Waals surface area contributed by atoms with Gasteiger partial charge in [0.15, 0.2) is 0 Å². The minimum atomic E-state index is -0.437. The molecule has 0 spiro atoms. The Morgan fingerprint density at radius 3 is 2.43 bits per heavy atom. The molecule has 148 valence electrons. The summed E-state index contributed by atoms with van der Waals surface area (Å²) in [7, 11) is 0. The summed E-state index contributed by atoms with van der Waals surface area (Å²) in [6.07, 6.45) is 6.83. The lowest BCUT2D eigenvalue weighted by Gasteiger charge is -2.21. The van der Waals surface area contributed by atoms with Crippen molar-refractivity contribution in [2.45, 2.75) is 37.1 Å². The van der Waals surface area contributed by atoms with Crippen LogP contribution in [0.5, 0.6) is 0 Å². The highest BCUT2D eigenvalue weighted by Gasteiger charge is 2.11. The molecule has 2 heterocycles. The molecule has 1 N–H and O–H groups in total. The van der Waals surface area contributed by atoms with E-state index in [9.17, 15) is 14.9 Å². The van der Waals surface area contributed by atoms with E-state index >= 15 is 0 Å². The predicted octanol–water partition coefficient (Wildman–Crippen LogP) is 3.78. The van der Waals surface area contributed by atoms with Crippen LogP contribution >= 0.6 is 11.8 Å². The third-order valence-corrected chi connectivity index (χ3v) is 5.66. The molecule has 1 saturated heterocycles. The molecule has 0 saturated carbocycles. The summed E-state index contributed by atoms with van der Waals surface area (Å²) < 4.78 is 0. The van der Waals surface area contributed by atoms with Crippen molar-refractivity contribution < 1.29 is 9.72 Å². The number of non-ortho nitro benzene ring substituents is 1. The zero-order chi connectivity index (χ0) is 19.8. The molecule has 1 fully saturated rings. The van der Waals surface area contributed by atoms with E-state index < -0.39 is 4.92 Å². The smallest absolute Gasteiger partial charge is 0.269 e. The maximum Gasteiger partial charge on any atom is 0.269 e. The Kier molecular flexibility index (Phi) is 7.25. The quantitative estimate of drug-likeness (QED) is 0.432. The average Bonchev–Trinajstić information content (AvgIpc) is 3.01. The molecule has 0 unspecified atom stereocenters. The third-order valence-electron chi connectivity index (χ3n) is 4.65. The molecule has 28 heavy (non-hydrogen) atoms. The van der Waals surface area contributed by atoms with Crippen molar-refractivity contribution in [3.63, 3.8) is 0 Å². The van der Waals surface area contributed by atoms with Crippen molar-refractivity contribution in [1.29, 1.82) is 0 Å². The summed E-state index contributed by atoms with van der Waals surface area (Å²) >= 11 is 1.35. The standard InChI is InChI=1S/C20H24N4O3S/c25-20(15-28-18-8-6-17(7-9-18)24(26)27)22-14-16-5-10-19(21-13-16)23-11-3-1-2-4-12-23/h5-10,13H,1-4,11-12,14-15H2,(H,22,25). The molecule has 3 rings (SSSR count). The molecule has 0 atom stereocenters. The molecule has 1 aliphatic rings. The number of nitrogens with one attached hydrogen (secondary N) is 1. The average molecular weight is 401 g/mol. The van der Waals surface area contributed by atoms with Gasteiger partial charge in [-0.3, -0.25) is 14.9 Å². The number of hydrogen-bond donors (Lipinski definition) is 1. The molecule has 1 aromatic heterocycles. The van der Waals surface area contributed by atoms with Crippen LogP contribution in [-0.2, 0) is 11.3 Å². The first kappa shape index (κ1) is 20.1. The van der Waals surface area contributed by atoms with E-state index in [2.05, 4.69) is 15.2 Å². The predicted molar refractivity (Wildman–Crippen MR) is 111 cm³/mol. The van der Waals surface area contributed by atoms with Crippen molar-refractivity contribution >= 4 is 29.2 Å². The summed E-state index contributed by atoms with van der Waals surface area (Å²) in [5.41, 5.74) is 1.01. The van der Waals surface area contributed by atoms with E-state index in [1.165, 1.54) is 49.6 Å². The van der Waals surface area contributed by atoms with Crippen LogP contribution in [0.15, 0.2) is 47.5 Å². The first-order chi connectivity index (χ1) is 13.6. The van der Waals surface area contributed by atoms with E-state index in [0.717, 1.165) is 29.4 Å². The van der Waals surface area contributed by atoms with Crippen molar-refractivity contribution in [3.05, 3.63) is 58.3 Å². The molecule has 0 bridgehead atoms. The van der Waals surface area contributed by atoms with Gasteiger partial charge in [0.05, 0.1) is 10.7 Å². The van der Waals surface area contributed by atoms with E-state index in [0.29, 0.717) is 6.54 Å². The second-order valence-corrected chi connectivity index (χ2v) is 7.79. The van der Waals surface area contributed by atoms with Crippen molar-refractivity contribution in [3.8, 4) is 0 Å². The summed E-state index contributed by atoms with van der Waals surface area (Å²) in [5, 5.41) is 13.5. The van der Waals surface area contributed by atoms with Crippen molar-refractivity contribution in [2.75, 3.05) is 23.7 Å². The van der Waals surface area contributed by atoms with Crippen LogP contribution in [0.4, 0.5) is 11.5 Å². The molecule has 7 nitrogen and oxygen atoms in total. The lowest BCUT2D eigenvalue weighted by Crippen LogP contribution is -2.26. The lowest BCUT2D eigenvalue weighted by atomic mass is 10.2. The summed E-state index contributed by atoms with van der Waals surface area (Å²) in [5.74, 6) is 1.18. The van der Waals surface area contributed by atoms with Gasteiger partial charge in [-0.05, 0) is 36.6 Å². The Morgan fingerprint density at radius 2 is 1.82 bits per heavy atom. The third kappa shape index (κ3) is 5.95. The molecular weight excluding hydrogens is 376 g/mol. The SMILES string of the molecule is O=C(CSc1ccc([N+](=O)[O-])cc1)NCc1ccc(N2CCCCCC2)nc1. The van der Waals surface area contributed by atoms with Gasteiger partial charge in [0.25, 0.3) is 5.69 Å². The number of benzene rings is 1. The number of anilines is 1. The first-order valence-electron chi connectivity index (χ1n) is 9.45. The highest BCUT2D eigenvalue weighted by molar-refractivity contribution is 8.00. The molecular formula is C20H24N4O3S. The largest absolute Gasteiger partial charge is 0.357 e. The molecule has 1 aliphatic heterocycles. The van der Waals surface area contributed by atoms with E-state index in [4.69, 9.17) is 0 Å². The Labute approximate surface area is 168 Å². The van der Waals surface area contributed by atoms with Gasteiger partial charge < -0.3 is 10.2 Å². The Balaban J connectivity index is 1.43. The number of rotatable bonds is 7. The van der Waals surface area contributed by atoms with Crippen LogP contribution < -0.4 is 10.2 Å². The normalized spacial score (nSPS) is 14.4. The number of aromatic nitrogens is 1. The molecule has 0 radical (unpaired) electrons. The van der Waals surface area contributed by atoms with Gasteiger partial charge in [-0.25, -0.2) is 4.98 Å². The summed E-state index contributed by atoms with van der Waals surface area (Å²) in [6.45, 7) is 2.55. The number of pyridine rings is 1. The minimum absolute atomic E-state index is 0.0462. The Morgan fingerprint density at radius 1 is 1.11 bits per heavy atom. The van der Waals surface area contributed by atoms with Gasteiger partial charge in [0, 0.05) is 42.9 Å². The summed E-state index contributed by atoms with van der Waals surface area (Å²) in [6, 6.07) is 10.2. The maximum absolute atomic E-state index is 12.0. The lowest BCUT2D eigenvalue weighted by molar-refractivity contribution is -0.384. The molecule has 0 aliphatic carbocycles. The molecule has 8 heteroatoms. The van der Waals surface area contributed by atoms with Crippen LogP contribution in [0.25, 0.3) is 0 Å².